The predicted octanol–water partition coefficient (Wildman–Crippen LogP) is 2.79. The van der Waals surface area contributed by atoms with E-state index in [1.54, 1.807) is 6.07 Å². The molecule has 0 aliphatic carbocycles. The molecule has 84 valence electrons. The molecule has 16 heavy (non-hydrogen) atoms. The minimum absolute atomic E-state index is 0.0962. The molecule has 0 saturated heterocycles. The van der Waals surface area contributed by atoms with Crippen LogP contribution in [-0.4, -0.2) is 11.0 Å². The van der Waals surface area contributed by atoms with Crippen molar-refractivity contribution in [2.24, 2.45) is 0 Å². The van der Waals surface area contributed by atoms with E-state index < -0.39 is 11.8 Å². The largest absolute Gasteiger partial charge is 0.456 e. The Kier molecular flexibility index (Phi) is 2.91. The third kappa shape index (κ3) is 2.21. The lowest BCUT2D eigenvalue weighted by atomic mass is 10.3. The normalized spacial score (nSPS) is 10.7. The molecule has 0 atom stereocenters. The Morgan fingerprint density at radius 2 is 2.38 bits per heavy atom. The summed E-state index contributed by atoms with van der Waals surface area (Å²) in [5, 5.41) is 0. The second-order valence-electron chi connectivity index (χ2n) is 3.12. The average Bonchev–Trinajstić information content (AvgIpc) is 2.57. The number of aromatic nitrogens is 1. The number of rotatable bonds is 2. The zero-order valence-electron chi connectivity index (χ0n) is 8.29. The maximum absolute atomic E-state index is 13.4. The number of ether oxygens (including phenoxy) is 1. The lowest BCUT2D eigenvalue weighted by Crippen LogP contribution is -1.98. The summed E-state index contributed by atoms with van der Waals surface area (Å²) in [7, 11) is 0. The number of carbonyl (C=O) groups excluding carboxylic acids is 1. The Hall–Kier alpha value is -1.43. The van der Waals surface area contributed by atoms with Crippen molar-refractivity contribution < 1.29 is 18.3 Å². The lowest BCUT2D eigenvalue weighted by molar-refractivity contribution is -0.142. The molecule has 1 aromatic carbocycles. The van der Waals surface area contributed by atoms with E-state index in [0.29, 0.717) is 10.1 Å². The van der Waals surface area contributed by atoms with Gasteiger partial charge < -0.3 is 9.15 Å². The highest BCUT2D eigenvalue weighted by Gasteiger charge is 2.11. The Morgan fingerprint density at radius 1 is 1.62 bits per heavy atom. The smallest absolute Gasteiger partial charge is 0.303 e. The molecule has 0 spiro atoms. The summed E-state index contributed by atoms with van der Waals surface area (Å²) in [6.07, 6.45) is 0. The molecule has 2 aromatic rings. The molecule has 1 aromatic heterocycles. The number of fused-ring (bicyclic) bond motifs is 1. The zero-order chi connectivity index (χ0) is 11.7. The van der Waals surface area contributed by atoms with Crippen LogP contribution in [0.2, 0.25) is 0 Å². The number of esters is 1. The van der Waals surface area contributed by atoms with Gasteiger partial charge in [-0.05, 0) is 12.1 Å². The van der Waals surface area contributed by atoms with Crippen molar-refractivity contribution in [3.05, 3.63) is 28.3 Å². The number of carbonyl (C=O) groups is 1. The Balaban J connectivity index is 2.36. The molecule has 1 heterocycles. The maximum Gasteiger partial charge on any atom is 0.303 e. The van der Waals surface area contributed by atoms with Crippen LogP contribution >= 0.6 is 15.9 Å². The van der Waals surface area contributed by atoms with Crippen LogP contribution in [0.4, 0.5) is 4.39 Å². The van der Waals surface area contributed by atoms with Crippen molar-refractivity contribution in [3.8, 4) is 0 Å². The van der Waals surface area contributed by atoms with Crippen LogP contribution in [0, 0.1) is 5.82 Å². The standard InChI is InChI=1S/C10H7BrFNO3/c1-5(14)15-4-9-13-10-7(12)2-6(11)3-8(10)16-9/h2-3H,4H2,1H3. The molecule has 0 bridgehead atoms. The topological polar surface area (TPSA) is 52.3 Å². The van der Waals surface area contributed by atoms with Crippen molar-refractivity contribution in [1.29, 1.82) is 0 Å². The highest BCUT2D eigenvalue weighted by atomic mass is 79.9. The molecule has 0 radical (unpaired) electrons. The molecule has 0 aliphatic rings. The first kappa shape index (κ1) is 11.1. The Labute approximate surface area is 98.5 Å². The van der Waals surface area contributed by atoms with Crippen molar-refractivity contribution in [3.63, 3.8) is 0 Å². The second-order valence-corrected chi connectivity index (χ2v) is 4.04. The van der Waals surface area contributed by atoms with E-state index in [1.165, 1.54) is 13.0 Å². The van der Waals surface area contributed by atoms with Crippen LogP contribution in [0.1, 0.15) is 12.8 Å². The minimum Gasteiger partial charge on any atom is -0.456 e. The monoisotopic (exact) mass is 287 g/mol. The van der Waals surface area contributed by atoms with Crippen molar-refractivity contribution in [2.75, 3.05) is 0 Å². The number of oxazole rings is 1. The first-order valence-electron chi connectivity index (χ1n) is 4.44. The first-order chi connectivity index (χ1) is 7.56. The zero-order valence-corrected chi connectivity index (χ0v) is 9.88. The van der Waals surface area contributed by atoms with Crippen molar-refractivity contribution in [2.45, 2.75) is 13.5 Å². The molecule has 0 amide bonds. The van der Waals surface area contributed by atoms with Crippen LogP contribution in [-0.2, 0) is 16.1 Å². The van der Waals surface area contributed by atoms with Crippen LogP contribution in [0.3, 0.4) is 0 Å². The van der Waals surface area contributed by atoms with E-state index in [1.807, 2.05) is 0 Å². The van der Waals surface area contributed by atoms with Crippen LogP contribution in [0.5, 0.6) is 0 Å². The summed E-state index contributed by atoms with van der Waals surface area (Å²) in [5.74, 6) is -0.756. The Bertz CT molecular complexity index is 552. The van der Waals surface area contributed by atoms with Gasteiger partial charge in [0.05, 0.1) is 0 Å². The molecule has 0 N–H and O–H groups in total. The van der Waals surface area contributed by atoms with Crippen molar-refractivity contribution >= 4 is 33.0 Å². The molecule has 0 aliphatic heterocycles. The molecule has 0 unspecified atom stereocenters. The average molecular weight is 288 g/mol. The van der Waals surface area contributed by atoms with Gasteiger partial charge >= 0.3 is 5.97 Å². The van der Waals surface area contributed by atoms with E-state index in [9.17, 15) is 9.18 Å². The molecule has 6 heteroatoms. The van der Waals surface area contributed by atoms with Gasteiger partial charge in [-0.15, -0.1) is 0 Å². The Morgan fingerprint density at radius 3 is 3.06 bits per heavy atom. The fourth-order valence-electron chi connectivity index (χ4n) is 1.23. The minimum atomic E-state index is -0.484. The van der Waals surface area contributed by atoms with E-state index in [2.05, 4.69) is 20.9 Å². The summed E-state index contributed by atoms with van der Waals surface area (Å²) in [4.78, 5) is 14.5. The van der Waals surface area contributed by atoms with Gasteiger partial charge in [0.2, 0.25) is 5.89 Å². The van der Waals surface area contributed by atoms with Gasteiger partial charge in [0.15, 0.2) is 18.0 Å². The van der Waals surface area contributed by atoms with E-state index in [-0.39, 0.29) is 18.0 Å². The predicted molar refractivity (Wildman–Crippen MR) is 57.1 cm³/mol. The number of halogens is 2. The third-order valence-electron chi connectivity index (χ3n) is 1.86. The number of hydrogen-bond donors (Lipinski definition) is 0. The second kappa shape index (κ2) is 4.21. The molecular formula is C10H7BrFNO3. The first-order valence-corrected chi connectivity index (χ1v) is 5.23. The summed E-state index contributed by atoms with van der Waals surface area (Å²) in [6, 6.07) is 2.89. The van der Waals surface area contributed by atoms with Gasteiger partial charge in [-0.2, -0.15) is 0 Å². The summed E-state index contributed by atoms with van der Waals surface area (Å²) < 4.78 is 23.9. The van der Waals surface area contributed by atoms with Gasteiger partial charge in [-0.1, -0.05) is 15.9 Å². The van der Waals surface area contributed by atoms with Crippen LogP contribution in [0.25, 0.3) is 11.1 Å². The van der Waals surface area contributed by atoms with Gasteiger partial charge in [0.1, 0.15) is 5.52 Å². The van der Waals surface area contributed by atoms with Gasteiger partial charge in [0, 0.05) is 11.4 Å². The lowest BCUT2D eigenvalue weighted by Gasteiger charge is -1.94. The third-order valence-corrected chi connectivity index (χ3v) is 2.31. The fraction of sp³-hybridized carbons (Fsp3) is 0.200. The van der Waals surface area contributed by atoms with Gasteiger partial charge in [-0.3, -0.25) is 4.79 Å². The highest BCUT2D eigenvalue weighted by Crippen LogP contribution is 2.24. The van der Waals surface area contributed by atoms with Gasteiger partial charge in [0.25, 0.3) is 0 Å². The molecule has 4 nitrogen and oxygen atoms in total. The molecule has 2 rings (SSSR count). The van der Waals surface area contributed by atoms with E-state index in [0.717, 1.165) is 0 Å². The summed E-state index contributed by atoms with van der Waals surface area (Å²) in [6.45, 7) is 1.18. The number of hydrogen-bond acceptors (Lipinski definition) is 4. The van der Waals surface area contributed by atoms with E-state index >= 15 is 0 Å². The number of nitrogens with zero attached hydrogens (tertiary/aromatic N) is 1. The molecule has 0 saturated carbocycles. The maximum atomic E-state index is 13.4. The van der Waals surface area contributed by atoms with Gasteiger partial charge in [-0.25, -0.2) is 9.37 Å². The summed E-state index contributed by atoms with van der Waals surface area (Å²) >= 11 is 3.14. The van der Waals surface area contributed by atoms with Crippen LogP contribution in [0.15, 0.2) is 21.0 Å². The molecule has 0 fully saturated rings. The van der Waals surface area contributed by atoms with Crippen molar-refractivity contribution in [1.82, 2.24) is 4.98 Å². The SMILES string of the molecule is CC(=O)OCc1nc2c(F)cc(Br)cc2o1. The highest BCUT2D eigenvalue weighted by molar-refractivity contribution is 9.10. The van der Waals surface area contributed by atoms with E-state index in [4.69, 9.17) is 9.15 Å². The summed E-state index contributed by atoms with van der Waals surface area (Å²) in [5.41, 5.74) is 0.444. The van der Waals surface area contributed by atoms with Crippen LogP contribution < -0.4 is 0 Å². The fourth-order valence-corrected chi connectivity index (χ4v) is 1.64. The quantitative estimate of drug-likeness (QED) is 0.797. The molecular weight excluding hydrogens is 281 g/mol. The number of benzene rings is 1.